The molecular weight excluding hydrogens is 427 g/mol. The van der Waals surface area contributed by atoms with Crippen LogP contribution in [0, 0.1) is 17.1 Å². The number of nitrogens with zero attached hydrogens (tertiary/aromatic N) is 3. The van der Waals surface area contributed by atoms with Crippen LogP contribution in [0.1, 0.15) is 21.5 Å². The minimum absolute atomic E-state index is 0.0947. The van der Waals surface area contributed by atoms with Crippen LogP contribution >= 0.6 is 11.6 Å². The van der Waals surface area contributed by atoms with Crippen molar-refractivity contribution >= 4 is 28.9 Å². The molecule has 0 saturated carbocycles. The van der Waals surface area contributed by atoms with E-state index in [0.29, 0.717) is 5.69 Å². The van der Waals surface area contributed by atoms with Crippen LogP contribution in [0.4, 0.5) is 15.8 Å². The van der Waals surface area contributed by atoms with E-state index in [0.717, 1.165) is 55.1 Å². The zero-order valence-corrected chi connectivity index (χ0v) is 18.1. The number of rotatable bonds is 5. The average Bonchev–Trinajstić information content (AvgIpc) is 2.81. The summed E-state index contributed by atoms with van der Waals surface area (Å²) in [7, 11) is 0. The second-order valence-electron chi connectivity index (χ2n) is 7.66. The van der Waals surface area contributed by atoms with Crippen LogP contribution in [0.2, 0.25) is 5.02 Å². The lowest BCUT2D eigenvalue weighted by Gasteiger charge is -2.36. The molecule has 0 aliphatic carbocycles. The zero-order chi connectivity index (χ0) is 22.5. The number of amides is 1. The molecule has 1 heterocycles. The van der Waals surface area contributed by atoms with E-state index in [4.69, 9.17) is 16.9 Å². The zero-order valence-electron chi connectivity index (χ0n) is 17.4. The van der Waals surface area contributed by atoms with Crippen LogP contribution in [-0.4, -0.2) is 37.0 Å². The molecule has 3 aromatic rings. The van der Waals surface area contributed by atoms with Gasteiger partial charge in [-0.2, -0.15) is 5.26 Å². The van der Waals surface area contributed by atoms with E-state index in [2.05, 4.69) is 21.2 Å². The van der Waals surface area contributed by atoms with E-state index in [1.165, 1.54) is 12.1 Å². The second-order valence-corrected chi connectivity index (χ2v) is 8.07. The van der Waals surface area contributed by atoms with Gasteiger partial charge >= 0.3 is 0 Å². The Balaban J connectivity index is 1.33. The number of nitrogens with one attached hydrogen (secondary N) is 1. The number of carbonyl (C=O) groups excluding carboxylic acids is 1. The Bertz CT molecular complexity index is 1150. The van der Waals surface area contributed by atoms with Crippen LogP contribution in [0.5, 0.6) is 0 Å². The van der Waals surface area contributed by atoms with Crippen molar-refractivity contribution in [2.24, 2.45) is 0 Å². The quantitative estimate of drug-likeness (QED) is 0.601. The highest BCUT2D eigenvalue weighted by atomic mass is 35.5. The SMILES string of the molecule is N#Cc1ccc(C(=O)Nc2ccc(N3CCN(Cc4ccccc4Cl)CC3)cc2)c(F)c1. The van der Waals surface area contributed by atoms with Crippen molar-refractivity contribution in [2.75, 3.05) is 36.4 Å². The van der Waals surface area contributed by atoms with Crippen molar-refractivity contribution in [1.82, 2.24) is 4.90 Å². The average molecular weight is 449 g/mol. The summed E-state index contributed by atoms with van der Waals surface area (Å²) >= 11 is 6.28. The smallest absolute Gasteiger partial charge is 0.258 e. The second kappa shape index (κ2) is 9.82. The number of nitriles is 1. The summed E-state index contributed by atoms with van der Waals surface area (Å²) < 4.78 is 14.1. The van der Waals surface area contributed by atoms with Gasteiger partial charge in [0.2, 0.25) is 0 Å². The first-order valence-corrected chi connectivity index (χ1v) is 10.7. The molecule has 32 heavy (non-hydrogen) atoms. The molecule has 1 aliphatic rings. The van der Waals surface area contributed by atoms with E-state index in [9.17, 15) is 9.18 Å². The predicted molar refractivity (Wildman–Crippen MR) is 124 cm³/mol. The van der Waals surface area contributed by atoms with Crippen LogP contribution in [0.3, 0.4) is 0 Å². The van der Waals surface area contributed by atoms with Gasteiger partial charge in [0.05, 0.1) is 17.2 Å². The molecule has 1 saturated heterocycles. The lowest BCUT2D eigenvalue weighted by molar-refractivity contribution is 0.102. The van der Waals surface area contributed by atoms with E-state index in [1.807, 2.05) is 48.5 Å². The molecule has 162 valence electrons. The van der Waals surface area contributed by atoms with E-state index in [-0.39, 0.29) is 11.1 Å². The Hall–Kier alpha value is -3.40. The topological polar surface area (TPSA) is 59.4 Å². The molecule has 5 nitrogen and oxygen atoms in total. The van der Waals surface area contributed by atoms with Crippen molar-refractivity contribution in [2.45, 2.75) is 6.54 Å². The van der Waals surface area contributed by atoms with Gasteiger partial charge in [-0.3, -0.25) is 9.69 Å². The minimum atomic E-state index is -0.715. The van der Waals surface area contributed by atoms with Gasteiger partial charge in [-0.05, 0) is 54.1 Å². The lowest BCUT2D eigenvalue weighted by Crippen LogP contribution is -2.46. The molecule has 4 rings (SSSR count). The molecule has 3 aromatic carbocycles. The Kier molecular flexibility index (Phi) is 6.69. The molecule has 1 fully saturated rings. The fourth-order valence-corrected chi connectivity index (χ4v) is 3.95. The maximum absolute atomic E-state index is 14.1. The Morgan fingerprint density at radius 2 is 1.75 bits per heavy atom. The highest BCUT2D eigenvalue weighted by Crippen LogP contribution is 2.22. The standard InChI is InChI=1S/C25H22ClFN4O/c26-23-4-2-1-3-19(23)17-30-11-13-31(14-12-30)21-8-6-20(7-9-21)29-25(32)22-10-5-18(16-28)15-24(22)27/h1-10,15H,11-14,17H2,(H,29,32). The number of hydrogen-bond acceptors (Lipinski definition) is 4. The Morgan fingerprint density at radius 1 is 1.03 bits per heavy atom. The third-order valence-corrected chi connectivity index (χ3v) is 5.93. The van der Waals surface area contributed by atoms with E-state index >= 15 is 0 Å². The summed E-state index contributed by atoms with van der Waals surface area (Å²) in [6, 6.07) is 21.1. The summed E-state index contributed by atoms with van der Waals surface area (Å²) in [6.45, 7) is 4.49. The predicted octanol–water partition coefficient (Wildman–Crippen LogP) is 4.93. The molecule has 1 aliphatic heterocycles. The third kappa shape index (κ3) is 5.08. The van der Waals surface area contributed by atoms with Crippen molar-refractivity contribution in [3.63, 3.8) is 0 Å². The van der Waals surface area contributed by atoms with Gasteiger partial charge in [-0.15, -0.1) is 0 Å². The summed E-state index contributed by atoms with van der Waals surface area (Å²) in [5.41, 5.74) is 2.88. The number of hydrogen-bond donors (Lipinski definition) is 1. The maximum atomic E-state index is 14.1. The molecule has 0 bridgehead atoms. The minimum Gasteiger partial charge on any atom is -0.369 e. The summed E-state index contributed by atoms with van der Waals surface area (Å²) in [5.74, 6) is -1.26. The van der Waals surface area contributed by atoms with Crippen molar-refractivity contribution in [1.29, 1.82) is 5.26 Å². The number of benzene rings is 3. The molecule has 0 aromatic heterocycles. The van der Waals surface area contributed by atoms with Gasteiger partial charge < -0.3 is 10.2 Å². The Morgan fingerprint density at radius 3 is 2.41 bits per heavy atom. The van der Waals surface area contributed by atoms with Gasteiger partial charge in [0.1, 0.15) is 5.82 Å². The van der Waals surface area contributed by atoms with Crippen molar-refractivity contribution in [3.8, 4) is 6.07 Å². The highest BCUT2D eigenvalue weighted by molar-refractivity contribution is 6.31. The van der Waals surface area contributed by atoms with Crippen molar-refractivity contribution < 1.29 is 9.18 Å². The third-order valence-electron chi connectivity index (χ3n) is 5.56. The molecule has 0 unspecified atom stereocenters. The number of halogens is 2. The van der Waals surface area contributed by atoms with Crippen LogP contribution in [0.15, 0.2) is 66.7 Å². The van der Waals surface area contributed by atoms with Crippen molar-refractivity contribution in [3.05, 3.63) is 94.3 Å². The number of anilines is 2. The van der Waals surface area contributed by atoms with Crippen LogP contribution < -0.4 is 10.2 Å². The molecule has 0 atom stereocenters. The van der Waals surface area contributed by atoms with Crippen LogP contribution in [-0.2, 0) is 6.54 Å². The first-order valence-electron chi connectivity index (χ1n) is 10.4. The number of piperazine rings is 1. The normalized spacial score (nSPS) is 14.1. The van der Waals surface area contributed by atoms with Gasteiger partial charge in [-0.1, -0.05) is 29.8 Å². The first kappa shape index (κ1) is 21.8. The van der Waals surface area contributed by atoms with Gasteiger partial charge in [-0.25, -0.2) is 4.39 Å². The highest BCUT2D eigenvalue weighted by Gasteiger charge is 2.18. The first-order chi connectivity index (χ1) is 15.5. The van der Waals surface area contributed by atoms with Gasteiger partial charge in [0.25, 0.3) is 5.91 Å². The van der Waals surface area contributed by atoms with Gasteiger partial charge in [0, 0.05) is 49.1 Å². The van der Waals surface area contributed by atoms with E-state index < -0.39 is 11.7 Å². The summed E-state index contributed by atoms with van der Waals surface area (Å²) in [5, 5.41) is 12.3. The van der Waals surface area contributed by atoms with Gasteiger partial charge in [0.15, 0.2) is 0 Å². The largest absolute Gasteiger partial charge is 0.369 e. The molecule has 0 radical (unpaired) electrons. The van der Waals surface area contributed by atoms with Crippen LogP contribution in [0.25, 0.3) is 0 Å². The summed E-state index contributed by atoms with van der Waals surface area (Å²) in [6.07, 6.45) is 0. The summed E-state index contributed by atoms with van der Waals surface area (Å²) in [4.78, 5) is 17.1. The molecular formula is C25H22ClFN4O. The fourth-order valence-electron chi connectivity index (χ4n) is 3.75. The Labute approximate surface area is 191 Å². The molecule has 0 spiro atoms. The maximum Gasteiger partial charge on any atom is 0.258 e. The number of carbonyl (C=O) groups is 1. The lowest BCUT2D eigenvalue weighted by atomic mass is 10.1. The molecule has 7 heteroatoms. The monoisotopic (exact) mass is 448 g/mol. The van der Waals surface area contributed by atoms with E-state index in [1.54, 1.807) is 0 Å². The molecule has 1 N–H and O–H groups in total. The molecule has 1 amide bonds. The fraction of sp³-hybridized carbons (Fsp3) is 0.200.